The molecule has 0 unspecified atom stereocenters. The summed E-state index contributed by atoms with van der Waals surface area (Å²) in [5, 5.41) is 27.3. The summed E-state index contributed by atoms with van der Waals surface area (Å²) < 4.78 is 11.1. The van der Waals surface area contributed by atoms with Gasteiger partial charge in [-0.15, -0.1) is 0 Å². The first-order valence-corrected chi connectivity index (χ1v) is 12.4. The van der Waals surface area contributed by atoms with Crippen molar-refractivity contribution in [2.75, 3.05) is 18.6 Å². The normalized spacial score (nSPS) is 9.93. The molecule has 2 heterocycles. The molecule has 0 spiro atoms. The molecule has 202 valence electrons. The number of nitriles is 2. The van der Waals surface area contributed by atoms with E-state index in [1.54, 1.807) is 55.6 Å². The molecule has 3 aromatic carbocycles. The van der Waals surface area contributed by atoms with E-state index in [-0.39, 0.29) is 17.4 Å². The molecule has 5 N–H and O–H groups in total. The van der Waals surface area contributed by atoms with E-state index in [2.05, 4.69) is 9.97 Å². The zero-order valence-electron chi connectivity index (χ0n) is 22.2. The lowest BCUT2D eigenvalue weighted by molar-refractivity contribution is 0.307. The highest BCUT2D eigenvalue weighted by atomic mass is 16.5. The first-order chi connectivity index (χ1) is 19.9. The average molecular weight is 543 g/mol. The van der Waals surface area contributed by atoms with Crippen LogP contribution < -0.4 is 20.9 Å². The maximum absolute atomic E-state index is 9.64. The van der Waals surface area contributed by atoms with Crippen LogP contribution in [0.2, 0.25) is 0 Å². The number of aromatic hydroxyl groups is 1. The van der Waals surface area contributed by atoms with Crippen LogP contribution in [0.25, 0.3) is 22.5 Å². The summed E-state index contributed by atoms with van der Waals surface area (Å²) in [4.78, 5) is 8.38. The molecule has 0 atom stereocenters. The lowest BCUT2D eigenvalue weighted by Crippen LogP contribution is -1.99. The van der Waals surface area contributed by atoms with E-state index in [1.807, 2.05) is 60.7 Å². The van der Waals surface area contributed by atoms with E-state index in [0.717, 1.165) is 16.9 Å². The molecule has 0 fully saturated rings. The van der Waals surface area contributed by atoms with Crippen molar-refractivity contribution >= 4 is 11.6 Å². The number of phenolic OH excluding ortho intramolecular Hbond substituents is 1. The number of nitrogen functional groups attached to an aromatic ring is 2. The average Bonchev–Trinajstić information content (AvgIpc) is 3.01. The Bertz CT molecular complexity index is 1740. The fourth-order valence-electron chi connectivity index (χ4n) is 3.82. The van der Waals surface area contributed by atoms with Crippen LogP contribution >= 0.6 is 0 Å². The first-order valence-electron chi connectivity index (χ1n) is 12.4. The summed E-state index contributed by atoms with van der Waals surface area (Å²) in [7, 11) is 1.64. The molecule has 0 radical (unpaired) electrons. The van der Waals surface area contributed by atoms with E-state index in [4.69, 9.17) is 31.5 Å². The Balaban J connectivity index is 0.000000208. The Morgan fingerprint density at radius 3 is 1.78 bits per heavy atom. The van der Waals surface area contributed by atoms with Crippen molar-refractivity contribution in [1.29, 1.82) is 10.5 Å². The van der Waals surface area contributed by atoms with Crippen LogP contribution in [0.5, 0.6) is 17.2 Å². The highest BCUT2D eigenvalue weighted by Gasteiger charge is 2.10. The number of methoxy groups -OCH3 is 1. The molecule has 0 aliphatic rings. The number of hydrogen-bond acceptors (Lipinski definition) is 9. The number of phenols is 1. The molecule has 9 nitrogen and oxygen atoms in total. The number of ether oxygens (including phenoxy) is 2. The summed E-state index contributed by atoms with van der Waals surface area (Å²) in [5.74, 6) is 2.03. The van der Waals surface area contributed by atoms with Crippen molar-refractivity contribution in [3.8, 4) is 51.9 Å². The molecule has 0 saturated carbocycles. The van der Waals surface area contributed by atoms with Gasteiger partial charge in [0.15, 0.2) is 0 Å². The maximum Gasteiger partial charge on any atom is 0.142 e. The standard InChI is InChI=1S/C20H17N3O2.C12H9N3O/c1-24-16-9-6-14(7-10-16)13-25-19-5-3-2-4-17(19)18-11-8-15(12-21)20(22)23-18;13-7-8-5-6-10(15-12(8)14)9-3-1-2-4-11(9)16/h2-11H,13H2,1H3,(H2,22,23);1-6,16H,(H2,14,15). The number of nitrogens with zero attached hydrogens (tertiary/aromatic N) is 4. The first kappa shape index (κ1) is 28.0. The molecule has 41 heavy (non-hydrogen) atoms. The lowest BCUT2D eigenvalue weighted by Gasteiger charge is -2.12. The van der Waals surface area contributed by atoms with Gasteiger partial charge in [0.25, 0.3) is 0 Å². The summed E-state index contributed by atoms with van der Waals surface area (Å²) in [6.45, 7) is 0.423. The molecule has 0 bridgehead atoms. The molecule has 0 aliphatic heterocycles. The number of hydrogen-bond donors (Lipinski definition) is 3. The quantitative estimate of drug-likeness (QED) is 0.244. The Morgan fingerprint density at radius 2 is 1.24 bits per heavy atom. The third kappa shape index (κ3) is 6.88. The zero-order chi connectivity index (χ0) is 29.2. The fraction of sp³-hybridized carbons (Fsp3) is 0.0625. The summed E-state index contributed by atoms with van der Waals surface area (Å²) >= 11 is 0. The Hall–Kier alpha value is -6.06. The number of benzene rings is 3. The second-order valence-corrected chi connectivity index (χ2v) is 8.63. The molecule has 9 heteroatoms. The predicted octanol–water partition coefficient (Wildman–Crippen LogP) is 5.70. The number of rotatable bonds is 6. The molecule has 5 rings (SSSR count). The van der Waals surface area contributed by atoms with Crippen molar-refractivity contribution in [3.05, 3.63) is 114 Å². The molecule has 0 aliphatic carbocycles. The van der Waals surface area contributed by atoms with Gasteiger partial charge in [0.05, 0.1) is 29.6 Å². The number of pyridine rings is 2. The summed E-state index contributed by atoms with van der Waals surface area (Å²) in [5.41, 5.74) is 15.8. The van der Waals surface area contributed by atoms with Crippen molar-refractivity contribution in [2.24, 2.45) is 0 Å². The molecular formula is C32H26N6O3. The topological polar surface area (TPSA) is 164 Å². The van der Waals surface area contributed by atoms with Crippen molar-refractivity contribution in [3.63, 3.8) is 0 Å². The van der Waals surface area contributed by atoms with E-state index < -0.39 is 0 Å². The van der Waals surface area contributed by atoms with E-state index in [9.17, 15) is 5.11 Å². The Kier molecular flexibility index (Phi) is 8.96. The predicted molar refractivity (Wildman–Crippen MR) is 157 cm³/mol. The van der Waals surface area contributed by atoms with E-state index in [0.29, 0.717) is 40.4 Å². The molecule has 0 amide bonds. The molecule has 5 aromatic rings. The number of anilines is 2. The van der Waals surface area contributed by atoms with Crippen molar-refractivity contribution in [2.45, 2.75) is 6.61 Å². The third-order valence-corrected chi connectivity index (χ3v) is 5.99. The molecule has 0 saturated heterocycles. The van der Waals surface area contributed by atoms with E-state index >= 15 is 0 Å². The van der Waals surface area contributed by atoms with Gasteiger partial charge in [-0.1, -0.05) is 36.4 Å². The van der Waals surface area contributed by atoms with Crippen LogP contribution in [-0.4, -0.2) is 22.2 Å². The fourth-order valence-corrected chi connectivity index (χ4v) is 3.82. The monoisotopic (exact) mass is 542 g/mol. The largest absolute Gasteiger partial charge is 0.507 e. The minimum atomic E-state index is 0.138. The molecule has 2 aromatic heterocycles. The summed E-state index contributed by atoms with van der Waals surface area (Å²) in [6, 6.07) is 32.8. The highest BCUT2D eigenvalue weighted by Crippen LogP contribution is 2.31. The van der Waals surface area contributed by atoms with Gasteiger partial charge in [-0.05, 0) is 66.2 Å². The van der Waals surface area contributed by atoms with Gasteiger partial charge in [0, 0.05) is 11.1 Å². The van der Waals surface area contributed by atoms with Crippen molar-refractivity contribution < 1.29 is 14.6 Å². The van der Waals surface area contributed by atoms with Gasteiger partial charge in [0.1, 0.15) is 47.6 Å². The second-order valence-electron chi connectivity index (χ2n) is 8.63. The van der Waals surface area contributed by atoms with Crippen LogP contribution in [0.3, 0.4) is 0 Å². The smallest absolute Gasteiger partial charge is 0.142 e. The third-order valence-electron chi connectivity index (χ3n) is 5.99. The SMILES string of the molecule is COc1ccc(COc2ccccc2-c2ccc(C#N)c(N)n2)cc1.N#Cc1ccc(-c2ccccc2O)nc1N. The number of nitrogens with two attached hydrogens (primary N) is 2. The van der Waals surface area contributed by atoms with Gasteiger partial charge < -0.3 is 26.0 Å². The van der Waals surface area contributed by atoms with Crippen LogP contribution in [0.4, 0.5) is 11.6 Å². The Morgan fingerprint density at radius 1 is 0.707 bits per heavy atom. The minimum Gasteiger partial charge on any atom is -0.507 e. The number of aromatic nitrogens is 2. The van der Waals surface area contributed by atoms with Gasteiger partial charge in [-0.2, -0.15) is 10.5 Å². The van der Waals surface area contributed by atoms with E-state index in [1.165, 1.54) is 0 Å². The molecular weight excluding hydrogens is 516 g/mol. The van der Waals surface area contributed by atoms with Crippen LogP contribution in [0.15, 0.2) is 97.1 Å². The second kappa shape index (κ2) is 13.1. The Labute approximate surface area is 237 Å². The van der Waals surface area contributed by atoms with Crippen LogP contribution in [0, 0.1) is 22.7 Å². The van der Waals surface area contributed by atoms with Gasteiger partial charge >= 0.3 is 0 Å². The van der Waals surface area contributed by atoms with Gasteiger partial charge in [0.2, 0.25) is 0 Å². The minimum absolute atomic E-state index is 0.138. The summed E-state index contributed by atoms with van der Waals surface area (Å²) in [6.07, 6.45) is 0. The van der Waals surface area contributed by atoms with Gasteiger partial charge in [-0.3, -0.25) is 0 Å². The number of para-hydroxylation sites is 2. The van der Waals surface area contributed by atoms with Gasteiger partial charge in [-0.25, -0.2) is 9.97 Å². The van der Waals surface area contributed by atoms with Crippen LogP contribution in [-0.2, 0) is 6.61 Å². The lowest BCUT2D eigenvalue weighted by atomic mass is 10.1. The highest BCUT2D eigenvalue weighted by molar-refractivity contribution is 5.70. The van der Waals surface area contributed by atoms with Crippen LogP contribution in [0.1, 0.15) is 16.7 Å². The van der Waals surface area contributed by atoms with Crippen molar-refractivity contribution in [1.82, 2.24) is 9.97 Å². The zero-order valence-corrected chi connectivity index (χ0v) is 22.2. The maximum atomic E-state index is 9.64.